The third-order valence-corrected chi connectivity index (χ3v) is 1.36. The number of hydrogen-bond acceptors (Lipinski definition) is 3. The molecule has 0 aliphatic heterocycles. The van der Waals surface area contributed by atoms with Crippen LogP contribution in [-0.4, -0.2) is 20.0 Å². The number of carbonyl (C=O) groups excluding carboxylic acids is 1. The van der Waals surface area contributed by atoms with Crippen LogP contribution in [0.3, 0.4) is 0 Å². The summed E-state index contributed by atoms with van der Waals surface area (Å²) < 4.78 is 4.69. The van der Waals surface area contributed by atoms with Crippen molar-refractivity contribution in [1.29, 1.82) is 0 Å². The van der Waals surface area contributed by atoms with Gasteiger partial charge in [0.2, 0.25) is 0 Å². The van der Waals surface area contributed by atoms with Crippen LogP contribution in [0, 0.1) is 0 Å². The number of carbonyl (C=O) groups is 1. The molecule has 0 aliphatic carbocycles. The Morgan fingerprint density at radius 3 is 1.79 bits per heavy atom. The zero-order valence-electron chi connectivity index (χ0n) is 6.57. The van der Waals surface area contributed by atoms with Gasteiger partial charge in [-0.3, -0.25) is 0 Å². The van der Waals surface area contributed by atoms with Crippen LogP contribution >= 0.6 is 69.6 Å². The van der Waals surface area contributed by atoms with Crippen molar-refractivity contribution in [2.45, 2.75) is 21.0 Å². The van der Waals surface area contributed by atoms with Crippen LogP contribution in [0.15, 0.2) is 0 Å². The monoisotopic (exact) mass is 322 g/mol. The number of halogens is 6. The molecule has 14 heavy (non-hydrogen) atoms. The second-order valence-electron chi connectivity index (χ2n) is 2.07. The number of hydrogen-bond donors (Lipinski definition) is 0. The van der Waals surface area contributed by atoms with Gasteiger partial charge in [0.1, 0.15) is 0 Å². The van der Waals surface area contributed by atoms with Crippen molar-refractivity contribution < 1.29 is 14.3 Å². The molecule has 84 valence electrons. The predicted octanol–water partition coefficient (Wildman–Crippen LogP) is 3.59. The van der Waals surface area contributed by atoms with Gasteiger partial charge in [0.25, 0.3) is 3.98 Å². The molecular formula is C5H4Cl6O3. The summed E-state index contributed by atoms with van der Waals surface area (Å²) in [5.74, 6) is -0.962. The lowest BCUT2D eigenvalue weighted by molar-refractivity contribution is -0.157. The minimum absolute atomic E-state index is 0.962. The first kappa shape index (κ1) is 15.2. The van der Waals surface area contributed by atoms with E-state index in [1.165, 1.54) is 6.92 Å². The molecule has 0 saturated carbocycles. The summed E-state index contributed by atoms with van der Waals surface area (Å²) in [5.41, 5.74) is 0. The maximum absolute atomic E-state index is 11.1. The molecule has 9 heteroatoms. The van der Waals surface area contributed by atoms with E-state index in [4.69, 9.17) is 69.6 Å². The van der Waals surface area contributed by atoms with Crippen molar-refractivity contribution in [2.24, 2.45) is 0 Å². The van der Waals surface area contributed by atoms with Crippen molar-refractivity contribution >= 4 is 75.6 Å². The number of alkyl halides is 6. The fourth-order valence-corrected chi connectivity index (χ4v) is 1.07. The van der Waals surface area contributed by atoms with Crippen molar-refractivity contribution in [2.75, 3.05) is 0 Å². The topological polar surface area (TPSA) is 35.5 Å². The van der Waals surface area contributed by atoms with Gasteiger partial charge < -0.3 is 9.47 Å². The van der Waals surface area contributed by atoms with Gasteiger partial charge in [-0.05, 0) is 41.7 Å². The molecule has 1 atom stereocenters. The molecule has 1 unspecified atom stereocenters. The Hall–Kier alpha value is 1.17. The van der Waals surface area contributed by atoms with Crippen LogP contribution in [0.25, 0.3) is 0 Å². The van der Waals surface area contributed by atoms with E-state index < -0.39 is 20.0 Å². The normalized spacial score (nSPS) is 15.1. The zero-order valence-corrected chi connectivity index (χ0v) is 11.1. The maximum atomic E-state index is 11.1. The third-order valence-electron chi connectivity index (χ3n) is 0.859. The van der Waals surface area contributed by atoms with E-state index in [1.807, 2.05) is 0 Å². The number of esters is 1. The van der Waals surface area contributed by atoms with Gasteiger partial charge in [-0.15, -0.1) is 0 Å². The van der Waals surface area contributed by atoms with E-state index in [0.29, 0.717) is 0 Å². The number of rotatable bonds is 2. The molecule has 3 nitrogen and oxygen atoms in total. The second-order valence-corrected chi connectivity index (χ2v) is 6.43. The molecule has 0 rings (SSSR count). The Labute approximate surface area is 110 Å². The van der Waals surface area contributed by atoms with Gasteiger partial charge in [-0.2, -0.15) is 0 Å². The summed E-state index contributed by atoms with van der Waals surface area (Å²) in [7, 11) is 0. The SMILES string of the molecule is CC(OC(Cl)(Cl)Cl)C(=O)OC(Cl)(Cl)Cl. The molecular weight excluding hydrogens is 321 g/mol. The van der Waals surface area contributed by atoms with Crippen molar-refractivity contribution in [1.82, 2.24) is 0 Å². The van der Waals surface area contributed by atoms with Gasteiger partial charge in [0, 0.05) is 0 Å². The average Bonchev–Trinajstić information content (AvgIpc) is 1.78. The van der Waals surface area contributed by atoms with E-state index in [0.717, 1.165) is 0 Å². The van der Waals surface area contributed by atoms with Gasteiger partial charge in [-0.1, -0.05) is 34.8 Å². The van der Waals surface area contributed by atoms with Crippen LogP contribution < -0.4 is 0 Å². The quantitative estimate of drug-likeness (QED) is 0.575. The Kier molecular flexibility index (Phi) is 5.94. The molecule has 0 aromatic heterocycles. The molecule has 0 radical (unpaired) electrons. The molecule has 0 spiro atoms. The highest BCUT2D eigenvalue weighted by Gasteiger charge is 2.33. The lowest BCUT2D eigenvalue weighted by Gasteiger charge is -2.19. The minimum Gasteiger partial charge on any atom is -0.413 e. The summed E-state index contributed by atoms with van der Waals surface area (Å²) >= 11 is 31.3. The van der Waals surface area contributed by atoms with E-state index in [9.17, 15) is 4.79 Å². The van der Waals surface area contributed by atoms with Gasteiger partial charge in [0.15, 0.2) is 6.10 Å². The largest absolute Gasteiger partial charge is 0.413 e. The highest BCUT2D eigenvalue weighted by atomic mass is 35.6. The van der Waals surface area contributed by atoms with E-state index in [1.54, 1.807) is 0 Å². The molecule has 0 aromatic carbocycles. The lowest BCUT2D eigenvalue weighted by atomic mass is 10.4. The van der Waals surface area contributed by atoms with Crippen LogP contribution in [0.2, 0.25) is 0 Å². The minimum atomic E-state index is -2.16. The molecule has 0 bridgehead atoms. The van der Waals surface area contributed by atoms with Crippen molar-refractivity contribution in [3.63, 3.8) is 0 Å². The summed E-state index contributed by atoms with van der Waals surface area (Å²) in [6.45, 7) is 1.28. The fourth-order valence-electron chi connectivity index (χ4n) is 0.446. The smallest absolute Gasteiger partial charge is 0.340 e. The number of ether oxygens (including phenoxy) is 2. The molecule has 0 aromatic rings. The van der Waals surface area contributed by atoms with Crippen LogP contribution in [0.5, 0.6) is 0 Å². The molecule has 0 amide bonds. The van der Waals surface area contributed by atoms with Crippen LogP contribution in [0.1, 0.15) is 6.92 Å². The standard InChI is InChI=1S/C5H4Cl6O3/c1-2(13-4(6,7)8)3(12)14-5(9,10)11/h2H,1H3. The summed E-state index contributed by atoms with van der Waals surface area (Å²) in [6, 6.07) is 0. The van der Waals surface area contributed by atoms with Gasteiger partial charge in [-0.25, -0.2) is 4.79 Å². The maximum Gasteiger partial charge on any atom is 0.340 e. The Balaban J connectivity index is 4.15. The van der Waals surface area contributed by atoms with Crippen molar-refractivity contribution in [3.05, 3.63) is 0 Å². The first-order valence-electron chi connectivity index (χ1n) is 3.05. The Bertz CT molecular complexity index is 206. The molecule has 0 aliphatic rings. The third kappa shape index (κ3) is 8.48. The average molecular weight is 325 g/mol. The van der Waals surface area contributed by atoms with Crippen molar-refractivity contribution in [3.8, 4) is 0 Å². The van der Waals surface area contributed by atoms with E-state index >= 15 is 0 Å². The summed E-state index contributed by atoms with van der Waals surface area (Å²) in [4.78, 5) is 11.1. The zero-order chi connectivity index (χ0) is 11.6. The summed E-state index contributed by atoms with van der Waals surface area (Å²) in [5, 5.41) is 0. The molecule has 0 N–H and O–H groups in total. The first-order chi connectivity index (χ1) is 6.01. The molecule has 0 fully saturated rings. The van der Waals surface area contributed by atoms with Crippen LogP contribution in [-0.2, 0) is 14.3 Å². The fraction of sp³-hybridized carbons (Fsp3) is 0.800. The lowest BCUT2D eigenvalue weighted by Crippen LogP contribution is -2.31. The van der Waals surface area contributed by atoms with E-state index in [2.05, 4.69) is 9.47 Å². The second kappa shape index (κ2) is 5.48. The summed E-state index contributed by atoms with van der Waals surface area (Å²) in [6.07, 6.45) is -1.17. The molecule has 0 saturated heterocycles. The highest BCUT2D eigenvalue weighted by Crippen LogP contribution is 2.31. The molecule has 0 heterocycles. The predicted molar refractivity (Wildman–Crippen MR) is 57.2 cm³/mol. The highest BCUT2D eigenvalue weighted by molar-refractivity contribution is 6.67. The van der Waals surface area contributed by atoms with E-state index in [-0.39, 0.29) is 0 Å². The van der Waals surface area contributed by atoms with Gasteiger partial charge >= 0.3 is 9.95 Å². The Morgan fingerprint density at radius 1 is 1.07 bits per heavy atom. The van der Waals surface area contributed by atoms with Gasteiger partial charge in [0.05, 0.1) is 0 Å². The van der Waals surface area contributed by atoms with Crippen LogP contribution in [0.4, 0.5) is 0 Å². The first-order valence-corrected chi connectivity index (χ1v) is 5.32. The Morgan fingerprint density at radius 2 is 1.50 bits per heavy atom.